The molecule has 4 rings (SSSR count). The number of imidazole rings is 1. The maximum absolute atomic E-state index is 12.7. The summed E-state index contributed by atoms with van der Waals surface area (Å²) in [6.07, 6.45) is 1.67. The molecule has 0 radical (unpaired) electrons. The number of thiazole rings is 1. The lowest BCUT2D eigenvalue weighted by Crippen LogP contribution is -2.23. The minimum absolute atomic E-state index is 0.131. The highest BCUT2D eigenvalue weighted by molar-refractivity contribution is 7.22. The first-order valence-corrected chi connectivity index (χ1v) is 9.23. The molecule has 2 amide bonds. The predicted molar refractivity (Wildman–Crippen MR) is 107 cm³/mol. The van der Waals surface area contributed by atoms with Gasteiger partial charge in [-0.05, 0) is 37.3 Å². The lowest BCUT2D eigenvalue weighted by molar-refractivity contribution is -0.118. The van der Waals surface area contributed by atoms with Gasteiger partial charge >= 0.3 is 0 Å². The fraction of sp³-hybridized carbons (Fsp3) is 0.158. The first-order valence-electron chi connectivity index (χ1n) is 8.42. The fourth-order valence-corrected chi connectivity index (χ4v) is 3.79. The fourth-order valence-electron chi connectivity index (χ4n) is 2.88. The molecule has 0 saturated heterocycles. The van der Waals surface area contributed by atoms with E-state index < -0.39 is 6.04 Å². The molecule has 2 aromatic heterocycles. The maximum Gasteiger partial charge on any atom is 0.248 e. The summed E-state index contributed by atoms with van der Waals surface area (Å²) in [4.78, 5) is 32.7. The number of nitrogens with zero attached hydrogens (tertiary/aromatic N) is 3. The summed E-state index contributed by atoms with van der Waals surface area (Å²) >= 11 is 1.37. The van der Waals surface area contributed by atoms with Gasteiger partial charge in [-0.2, -0.15) is 0 Å². The molecule has 0 aliphatic heterocycles. The van der Waals surface area contributed by atoms with Gasteiger partial charge in [-0.3, -0.25) is 9.59 Å². The van der Waals surface area contributed by atoms with Gasteiger partial charge in [-0.1, -0.05) is 23.5 Å². The number of carbonyl (C=O) groups is 2. The molecular weight excluding hydrogens is 362 g/mol. The van der Waals surface area contributed by atoms with Crippen molar-refractivity contribution in [3.05, 3.63) is 48.8 Å². The molecule has 1 atom stereocenters. The Hall–Kier alpha value is -3.26. The second-order valence-corrected chi connectivity index (χ2v) is 7.22. The van der Waals surface area contributed by atoms with Crippen LogP contribution in [0.5, 0.6) is 0 Å². The summed E-state index contributed by atoms with van der Waals surface area (Å²) in [6.45, 7) is 3.29. The highest BCUT2D eigenvalue weighted by Gasteiger charge is 2.18. The van der Waals surface area contributed by atoms with E-state index in [2.05, 4.69) is 20.6 Å². The molecule has 27 heavy (non-hydrogen) atoms. The van der Waals surface area contributed by atoms with E-state index in [4.69, 9.17) is 0 Å². The largest absolute Gasteiger partial charge is 0.326 e. The number of amides is 2. The number of benzene rings is 2. The molecular formula is C19H17N5O2S. The van der Waals surface area contributed by atoms with Crippen LogP contribution in [-0.2, 0) is 9.59 Å². The van der Waals surface area contributed by atoms with Crippen molar-refractivity contribution in [3.8, 4) is 0 Å². The van der Waals surface area contributed by atoms with Gasteiger partial charge in [0, 0.05) is 12.6 Å². The van der Waals surface area contributed by atoms with E-state index in [0.717, 1.165) is 21.3 Å². The van der Waals surface area contributed by atoms with Crippen molar-refractivity contribution in [3.63, 3.8) is 0 Å². The Balaban J connectivity index is 1.56. The summed E-state index contributed by atoms with van der Waals surface area (Å²) in [6, 6.07) is 12.7. The van der Waals surface area contributed by atoms with Crippen LogP contribution in [0.2, 0.25) is 0 Å². The summed E-state index contributed by atoms with van der Waals surface area (Å²) < 4.78 is 2.73. The number of para-hydroxylation sites is 2. The normalized spacial score (nSPS) is 12.2. The van der Waals surface area contributed by atoms with E-state index in [1.165, 1.54) is 18.3 Å². The van der Waals surface area contributed by atoms with Crippen LogP contribution in [0.25, 0.3) is 21.3 Å². The van der Waals surface area contributed by atoms with Crippen LogP contribution in [-0.4, -0.2) is 26.3 Å². The molecule has 0 fully saturated rings. The molecule has 2 aromatic carbocycles. The molecule has 8 heteroatoms. The zero-order chi connectivity index (χ0) is 19.0. The average molecular weight is 379 g/mol. The minimum Gasteiger partial charge on any atom is -0.326 e. The van der Waals surface area contributed by atoms with Gasteiger partial charge < -0.3 is 15.2 Å². The number of nitrogens with one attached hydrogen (secondary N) is 2. The van der Waals surface area contributed by atoms with E-state index in [0.29, 0.717) is 10.8 Å². The third kappa shape index (κ3) is 3.39. The summed E-state index contributed by atoms with van der Waals surface area (Å²) in [5, 5.41) is 6.14. The Morgan fingerprint density at radius 3 is 2.74 bits per heavy atom. The van der Waals surface area contributed by atoms with Crippen LogP contribution in [0.4, 0.5) is 10.8 Å². The standard InChI is InChI=1S/C19H17N5O2S/c1-11(24-10-20-14-5-3-4-6-16(14)24)18(26)23-19-22-15-8-7-13(21-12(2)25)9-17(15)27-19/h3-11H,1-2H3,(H,21,25)(H,22,23,26). The average Bonchev–Trinajstić information content (AvgIpc) is 3.23. The quantitative estimate of drug-likeness (QED) is 0.564. The van der Waals surface area contributed by atoms with Crippen LogP contribution in [0, 0.1) is 0 Å². The number of fused-ring (bicyclic) bond motifs is 2. The summed E-state index contributed by atoms with van der Waals surface area (Å²) in [5.74, 6) is -0.298. The smallest absolute Gasteiger partial charge is 0.248 e. The number of rotatable bonds is 4. The number of hydrogen-bond donors (Lipinski definition) is 2. The predicted octanol–water partition coefficient (Wildman–Crippen LogP) is 3.80. The summed E-state index contributed by atoms with van der Waals surface area (Å²) in [7, 11) is 0. The number of anilines is 2. The van der Waals surface area contributed by atoms with E-state index in [1.54, 1.807) is 12.4 Å². The van der Waals surface area contributed by atoms with E-state index >= 15 is 0 Å². The van der Waals surface area contributed by atoms with Crippen LogP contribution < -0.4 is 10.6 Å². The van der Waals surface area contributed by atoms with Gasteiger partial charge in [0.15, 0.2) is 5.13 Å². The maximum atomic E-state index is 12.7. The molecule has 0 bridgehead atoms. The molecule has 0 spiro atoms. The lowest BCUT2D eigenvalue weighted by Gasteiger charge is -2.13. The monoisotopic (exact) mass is 379 g/mol. The van der Waals surface area contributed by atoms with Crippen LogP contribution in [0.3, 0.4) is 0 Å². The Kier molecular flexibility index (Phi) is 4.33. The first-order chi connectivity index (χ1) is 13.0. The third-order valence-electron chi connectivity index (χ3n) is 4.22. The first kappa shape index (κ1) is 17.2. The molecule has 0 aliphatic rings. The van der Waals surface area contributed by atoms with E-state index in [-0.39, 0.29) is 11.8 Å². The number of carbonyl (C=O) groups excluding carboxylic acids is 2. The molecule has 0 aliphatic carbocycles. The topological polar surface area (TPSA) is 88.9 Å². The van der Waals surface area contributed by atoms with Gasteiger partial charge in [0.1, 0.15) is 6.04 Å². The number of hydrogen-bond acceptors (Lipinski definition) is 5. The highest BCUT2D eigenvalue weighted by Crippen LogP contribution is 2.29. The number of aromatic nitrogens is 3. The minimum atomic E-state index is -0.431. The molecule has 1 unspecified atom stereocenters. The Morgan fingerprint density at radius 2 is 1.93 bits per heavy atom. The zero-order valence-corrected chi connectivity index (χ0v) is 15.6. The molecule has 7 nitrogen and oxygen atoms in total. The third-order valence-corrected chi connectivity index (χ3v) is 5.15. The van der Waals surface area contributed by atoms with Crippen molar-refractivity contribution < 1.29 is 9.59 Å². The molecule has 0 saturated carbocycles. The van der Waals surface area contributed by atoms with E-state index in [1.807, 2.05) is 47.9 Å². The molecule has 2 heterocycles. The second kappa shape index (κ2) is 6.81. The van der Waals surface area contributed by atoms with Crippen molar-refractivity contribution in [1.82, 2.24) is 14.5 Å². The van der Waals surface area contributed by atoms with Gasteiger partial charge in [0.25, 0.3) is 0 Å². The Bertz CT molecular complexity index is 1160. The summed E-state index contributed by atoms with van der Waals surface area (Å²) in [5.41, 5.74) is 3.23. The van der Waals surface area contributed by atoms with Crippen molar-refractivity contribution in [2.24, 2.45) is 0 Å². The molecule has 136 valence electrons. The Labute approximate surface area is 159 Å². The Morgan fingerprint density at radius 1 is 1.11 bits per heavy atom. The van der Waals surface area contributed by atoms with Gasteiger partial charge in [0.2, 0.25) is 11.8 Å². The van der Waals surface area contributed by atoms with Gasteiger partial charge in [0.05, 0.1) is 27.6 Å². The SMILES string of the molecule is CC(=O)Nc1ccc2nc(NC(=O)C(C)n3cnc4ccccc43)sc2c1. The van der Waals surface area contributed by atoms with E-state index in [9.17, 15) is 9.59 Å². The van der Waals surface area contributed by atoms with Crippen molar-refractivity contribution in [2.45, 2.75) is 19.9 Å². The van der Waals surface area contributed by atoms with Crippen LogP contribution in [0.15, 0.2) is 48.8 Å². The van der Waals surface area contributed by atoms with Gasteiger partial charge in [-0.25, -0.2) is 9.97 Å². The van der Waals surface area contributed by atoms with Crippen molar-refractivity contribution >= 4 is 55.2 Å². The lowest BCUT2D eigenvalue weighted by atomic mass is 10.2. The van der Waals surface area contributed by atoms with Crippen molar-refractivity contribution in [1.29, 1.82) is 0 Å². The molecule has 4 aromatic rings. The second-order valence-electron chi connectivity index (χ2n) is 6.19. The molecule has 2 N–H and O–H groups in total. The van der Waals surface area contributed by atoms with Crippen molar-refractivity contribution in [2.75, 3.05) is 10.6 Å². The zero-order valence-electron chi connectivity index (χ0n) is 14.8. The van der Waals surface area contributed by atoms with Gasteiger partial charge in [-0.15, -0.1) is 0 Å². The van der Waals surface area contributed by atoms with Crippen LogP contribution in [0.1, 0.15) is 19.9 Å². The highest BCUT2D eigenvalue weighted by atomic mass is 32.1. The van der Waals surface area contributed by atoms with Crippen LogP contribution >= 0.6 is 11.3 Å².